The Kier molecular flexibility index (Phi) is 5.05. The first kappa shape index (κ1) is 17.9. The van der Waals surface area contributed by atoms with Crippen LogP contribution in [0.2, 0.25) is 5.02 Å². The topological polar surface area (TPSA) is 77.0 Å². The first-order valence-electron chi connectivity index (χ1n) is 8.55. The lowest BCUT2D eigenvalue weighted by Crippen LogP contribution is -2.37. The first-order chi connectivity index (χ1) is 13.1. The predicted octanol–water partition coefficient (Wildman–Crippen LogP) is 2.99. The van der Waals surface area contributed by atoms with Crippen molar-refractivity contribution in [2.24, 2.45) is 0 Å². The van der Waals surface area contributed by atoms with Crippen molar-refractivity contribution in [3.63, 3.8) is 0 Å². The first-order valence-corrected chi connectivity index (χ1v) is 9.92. The Hall–Kier alpha value is -2.51. The van der Waals surface area contributed by atoms with Gasteiger partial charge in [-0.3, -0.25) is 4.79 Å². The number of nitrogens with two attached hydrogens (primary N) is 1. The number of halogens is 1. The van der Waals surface area contributed by atoms with E-state index in [9.17, 15) is 4.79 Å². The van der Waals surface area contributed by atoms with Crippen molar-refractivity contribution in [2.45, 2.75) is 18.1 Å². The number of rotatable bonds is 4. The van der Waals surface area contributed by atoms with E-state index >= 15 is 0 Å². The molecule has 138 valence electrons. The second-order valence-corrected chi connectivity index (χ2v) is 7.69. The van der Waals surface area contributed by atoms with Crippen LogP contribution in [0.15, 0.2) is 53.7 Å². The summed E-state index contributed by atoms with van der Waals surface area (Å²) in [5, 5.41) is 9.34. The van der Waals surface area contributed by atoms with Crippen LogP contribution in [-0.4, -0.2) is 38.0 Å². The van der Waals surface area contributed by atoms with Crippen LogP contribution in [0.5, 0.6) is 0 Å². The van der Waals surface area contributed by atoms with Gasteiger partial charge >= 0.3 is 0 Å². The molecule has 2 heterocycles. The fourth-order valence-corrected chi connectivity index (χ4v) is 4.08. The highest BCUT2D eigenvalue weighted by Crippen LogP contribution is 2.25. The maximum absolute atomic E-state index is 12.6. The minimum absolute atomic E-state index is 0.0711. The Labute approximate surface area is 166 Å². The summed E-state index contributed by atoms with van der Waals surface area (Å²) in [6.45, 7) is 1.39. The summed E-state index contributed by atoms with van der Waals surface area (Å²) in [6, 6.07) is 15.5. The van der Waals surface area contributed by atoms with E-state index < -0.39 is 0 Å². The van der Waals surface area contributed by atoms with Gasteiger partial charge in [-0.25, -0.2) is 4.68 Å². The van der Waals surface area contributed by atoms with E-state index in [4.69, 9.17) is 17.4 Å². The zero-order chi connectivity index (χ0) is 18.8. The van der Waals surface area contributed by atoms with Crippen molar-refractivity contribution >= 4 is 29.3 Å². The lowest BCUT2D eigenvalue weighted by Gasteiger charge is -2.28. The molecule has 1 aromatic heterocycles. The van der Waals surface area contributed by atoms with Gasteiger partial charge < -0.3 is 10.7 Å². The van der Waals surface area contributed by atoms with E-state index in [1.807, 2.05) is 29.2 Å². The Morgan fingerprint density at radius 3 is 2.78 bits per heavy atom. The molecule has 0 atom stereocenters. The molecule has 0 bridgehead atoms. The second-order valence-electron chi connectivity index (χ2n) is 6.31. The van der Waals surface area contributed by atoms with Gasteiger partial charge in [-0.2, -0.15) is 0 Å². The largest absolute Gasteiger partial charge is 0.337 e. The predicted molar refractivity (Wildman–Crippen MR) is 107 cm³/mol. The summed E-state index contributed by atoms with van der Waals surface area (Å²) in [6.07, 6.45) is 0.887. The molecule has 0 saturated carbocycles. The van der Waals surface area contributed by atoms with Crippen molar-refractivity contribution in [2.75, 3.05) is 18.1 Å². The number of amides is 1. The minimum Gasteiger partial charge on any atom is -0.337 e. The van der Waals surface area contributed by atoms with E-state index in [0.717, 1.165) is 18.5 Å². The third-order valence-electron chi connectivity index (χ3n) is 4.56. The van der Waals surface area contributed by atoms with Crippen LogP contribution >= 0.6 is 23.4 Å². The van der Waals surface area contributed by atoms with Crippen molar-refractivity contribution in [1.29, 1.82) is 0 Å². The molecular weight excluding hydrogens is 382 g/mol. The molecule has 0 saturated heterocycles. The van der Waals surface area contributed by atoms with Crippen molar-refractivity contribution in [1.82, 2.24) is 19.8 Å². The normalized spacial score (nSPS) is 13.4. The molecule has 2 N–H and O–H groups in total. The van der Waals surface area contributed by atoms with Gasteiger partial charge in [0.1, 0.15) is 0 Å². The summed E-state index contributed by atoms with van der Waals surface area (Å²) < 4.78 is 1.40. The maximum atomic E-state index is 12.6. The van der Waals surface area contributed by atoms with Crippen LogP contribution in [0.3, 0.4) is 0 Å². The molecular formula is C19H18ClN5OS. The van der Waals surface area contributed by atoms with Gasteiger partial charge in [0.2, 0.25) is 11.1 Å². The van der Waals surface area contributed by atoms with Crippen molar-refractivity contribution in [3.05, 3.63) is 64.7 Å². The Morgan fingerprint density at radius 2 is 1.96 bits per heavy atom. The zero-order valence-corrected chi connectivity index (χ0v) is 16.1. The van der Waals surface area contributed by atoms with Crippen LogP contribution in [0.4, 0.5) is 0 Å². The summed E-state index contributed by atoms with van der Waals surface area (Å²) in [5.74, 6) is 6.97. The second kappa shape index (κ2) is 7.62. The number of hydrogen-bond donors (Lipinski definition) is 1. The molecule has 8 heteroatoms. The number of carbonyl (C=O) groups is 1. The van der Waals surface area contributed by atoms with E-state index in [2.05, 4.69) is 22.3 Å². The summed E-state index contributed by atoms with van der Waals surface area (Å²) in [7, 11) is 0. The van der Waals surface area contributed by atoms with Crippen LogP contribution in [0, 0.1) is 0 Å². The van der Waals surface area contributed by atoms with Gasteiger partial charge in [0.25, 0.3) is 0 Å². The van der Waals surface area contributed by atoms with Gasteiger partial charge in [-0.15, -0.1) is 10.2 Å². The number of aromatic nitrogens is 3. The molecule has 0 spiro atoms. The van der Waals surface area contributed by atoms with Gasteiger partial charge in [0.15, 0.2) is 5.82 Å². The highest BCUT2D eigenvalue weighted by Gasteiger charge is 2.21. The molecule has 1 amide bonds. The van der Waals surface area contributed by atoms with E-state index in [-0.39, 0.29) is 11.7 Å². The van der Waals surface area contributed by atoms with Crippen molar-refractivity contribution < 1.29 is 4.79 Å². The molecule has 6 nitrogen and oxygen atoms in total. The summed E-state index contributed by atoms with van der Waals surface area (Å²) in [5.41, 5.74) is 3.32. The highest BCUT2D eigenvalue weighted by molar-refractivity contribution is 7.99. The SMILES string of the molecule is Nn1c(SCC(=O)N2CCc3ccccc3C2)nnc1-c1cccc(Cl)c1. The lowest BCUT2D eigenvalue weighted by molar-refractivity contribution is -0.129. The number of benzene rings is 2. The molecule has 27 heavy (non-hydrogen) atoms. The highest BCUT2D eigenvalue weighted by atomic mass is 35.5. The zero-order valence-electron chi connectivity index (χ0n) is 14.5. The number of nitrogen functional groups attached to an aromatic ring is 1. The van der Waals surface area contributed by atoms with Gasteiger partial charge in [0.05, 0.1) is 5.75 Å². The maximum Gasteiger partial charge on any atom is 0.233 e. The molecule has 1 aliphatic rings. The van der Waals surface area contributed by atoms with Crippen LogP contribution in [0.1, 0.15) is 11.1 Å². The van der Waals surface area contributed by atoms with Gasteiger partial charge in [-0.1, -0.05) is 59.8 Å². The number of carbonyl (C=O) groups excluding carboxylic acids is 1. The van der Waals surface area contributed by atoms with Gasteiger partial charge in [0, 0.05) is 23.7 Å². The van der Waals surface area contributed by atoms with E-state index in [1.165, 1.54) is 27.6 Å². The molecule has 2 aromatic carbocycles. The monoisotopic (exact) mass is 399 g/mol. The third kappa shape index (κ3) is 3.79. The van der Waals surface area contributed by atoms with Crippen molar-refractivity contribution in [3.8, 4) is 11.4 Å². The summed E-state index contributed by atoms with van der Waals surface area (Å²) in [4.78, 5) is 14.5. The Balaban J connectivity index is 1.42. The van der Waals surface area contributed by atoms with Gasteiger partial charge in [-0.05, 0) is 29.7 Å². The van der Waals surface area contributed by atoms with E-state index in [1.54, 1.807) is 12.1 Å². The van der Waals surface area contributed by atoms with Crippen LogP contribution < -0.4 is 5.84 Å². The fourth-order valence-electron chi connectivity index (χ4n) is 3.13. The molecule has 0 unspecified atom stereocenters. The molecule has 0 fully saturated rings. The molecule has 4 rings (SSSR count). The average molecular weight is 400 g/mol. The van der Waals surface area contributed by atoms with E-state index in [0.29, 0.717) is 22.5 Å². The average Bonchev–Trinajstić information content (AvgIpc) is 3.06. The molecule has 3 aromatic rings. The fraction of sp³-hybridized carbons (Fsp3) is 0.211. The number of nitrogens with zero attached hydrogens (tertiary/aromatic N) is 4. The molecule has 1 aliphatic heterocycles. The molecule has 0 radical (unpaired) electrons. The van der Waals surface area contributed by atoms with Crippen LogP contribution in [0.25, 0.3) is 11.4 Å². The third-order valence-corrected chi connectivity index (χ3v) is 5.72. The quantitative estimate of drug-likeness (QED) is 0.539. The smallest absolute Gasteiger partial charge is 0.233 e. The number of hydrogen-bond acceptors (Lipinski definition) is 5. The number of thioether (sulfide) groups is 1. The lowest BCUT2D eigenvalue weighted by atomic mass is 10.00. The van der Waals surface area contributed by atoms with Crippen LogP contribution in [-0.2, 0) is 17.8 Å². The Bertz CT molecular complexity index is 990. The summed E-state index contributed by atoms with van der Waals surface area (Å²) >= 11 is 7.31. The standard InChI is InChI=1S/C19H18ClN5OS/c20-16-7-3-6-14(10-16)18-22-23-19(25(18)21)27-12-17(26)24-9-8-13-4-1-2-5-15(13)11-24/h1-7,10H,8-9,11-12,21H2. The number of fused-ring (bicyclic) bond motifs is 1. The minimum atomic E-state index is 0.0711. The Morgan fingerprint density at radius 1 is 1.15 bits per heavy atom. The molecule has 0 aliphatic carbocycles.